The fourth-order valence-corrected chi connectivity index (χ4v) is 8.07. The number of imidazole rings is 2. The fourth-order valence-electron chi connectivity index (χ4n) is 5.68. The second-order valence-corrected chi connectivity index (χ2v) is 15.5. The molecule has 25 heteroatoms. The highest BCUT2D eigenvalue weighted by Gasteiger charge is 2.65. The number of amides is 1. The molecule has 4 aromatic heterocycles. The average Bonchev–Trinajstić information content (AvgIpc) is 3.26. The molecule has 2 saturated heterocycles. The van der Waals surface area contributed by atoms with Gasteiger partial charge in [0, 0.05) is 0 Å². The van der Waals surface area contributed by atoms with Crippen LogP contribution in [-0.4, -0.2) is 98.1 Å². The number of nitrogens with zero attached hydrogens (tertiary/aromatic N) is 8. The third kappa shape index (κ3) is 5.98. The summed E-state index contributed by atoms with van der Waals surface area (Å²) in [5.41, 5.74) is 5.40. The lowest BCUT2D eigenvalue weighted by Crippen LogP contribution is -2.35. The fraction of sp³-hybridized carbons (Fsp3) is 0.500. The maximum absolute atomic E-state index is 15.7. The first-order valence-corrected chi connectivity index (χ1v) is 19.0. The molecule has 3 unspecified atom stereocenters. The lowest BCUT2D eigenvalue weighted by atomic mass is 10.1. The summed E-state index contributed by atoms with van der Waals surface area (Å²) in [4.78, 5) is 35.4. The minimum atomic E-state index is -4.33. The molecule has 3 fully saturated rings. The van der Waals surface area contributed by atoms with Crippen molar-refractivity contribution in [3.63, 3.8) is 0 Å². The molecule has 7 rings (SSSR count). The van der Waals surface area contributed by atoms with Gasteiger partial charge in [-0.3, -0.25) is 28.1 Å². The molecule has 4 aromatic rings. The molecule has 3 aliphatic rings. The number of nitrogens with one attached hydrogen (secondary N) is 1. The highest BCUT2D eigenvalue weighted by molar-refractivity contribution is 8.44. The number of carbonyl (C=O) groups is 1. The van der Waals surface area contributed by atoms with Crippen LogP contribution in [-0.2, 0) is 32.2 Å². The van der Waals surface area contributed by atoms with Gasteiger partial charge >= 0.3 is 12.9 Å². The molecular formula is C22H25FN10O10P2S2. The zero-order chi connectivity index (χ0) is 33.2. The van der Waals surface area contributed by atoms with Crippen LogP contribution in [0.25, 0.3) is 22.3 Å². The number of ether oxygens (including phenoxy) is 2. The topological polar surface area (TPSA) is 263 Å². The van der Waals surface area contributed by atoms with Crippen LogP contribution in [0.1, 0.15) is 25.3 Å². The van der Waals surface area contributed by atoms with E-state index in [9.17, 15) is 19.0 Å². The SMILES string of the molecule is Nc1ncnc2c1ncn2[C@@H]1OC(COP(=O)(S)O[C@H]2[C@@H](O)[C@H](n3cnc4c(NC(=O)O)ncnc43)OC23CC3)[C@@H](O[PH](=O)S)[C@H]1F. The predicted molar refractivity (Wildman–Crippen MR) is 164 cm³/mol. The van der Waals surface area contributed by atoms with Gasteiger partial charge in [-0.2, -0.15) is 0 Å². The highest BCUT2D eigenvalue weighted by atomic mass is 32.7. The minimum absolute atomic E-state index is 0.0617. The number of aromatic nitrogens is 8. The predicted octanol–water partition coefficient (Wildman–Crippen LogP) is 2.14. The normalized spacial score (nSPS) is 30.2. The van der Waals surface area contributed by atoms with E-state index in [4.69, 9.17) is 33.9 Å². The maximum atomic E-state index is 15.7. The summed E-state index contributed by atoms with van der Waals surface area (Å²) >= 11 is 7.86. The number of anilines is 2. The van der Waals surface area contributed by atoms with Crippen LogP contribution in [0.3, 0.4) is 0 Å². The first kappa shape index (κ1) is 32.6. The van der Waals surface area contributed by atoms with Crippen molar-refractivity contribution >= 4 is 78.6 Å². The lowest BCUT2D eigenvalue weighted by molar-refractivity contribution is -0.0471. The van der Waals surface area contributed by atoms with Gasteiger partial charge in [-0.05, 0) is 12.8 Å². The number of hydrogen-bond donors (Lipinski definition) is 6. The molecular weight excluding hydrogens is 709 g/mol. The monoisotopic (exact) mass is 734 g/mol. The Morgan fingerprint density at radius 3 is 2.49 bits per heavy atom. The number of fused-ring (bicyclic) bond motifs is 2. The number of carboxylic acid groups (broad SMARTS) is 1. The van der Waals surface area contributed by atoms with Gasteiger partial charge in [0.15, 0.2) is 47.1 Å². The highest BCUT2D eigenvalue weighted by Crippen LogP contribution is 2.62. The summed E-state index contributed by atoms with van der Waals surface area (Å²) in [7, 11) is -2.98. The van der Waals surface area contributed by atoms with E-state index in [1.807, 2.05) is 0 Å². The first-order chi connectivity index (χ1) is 22.4. The van der Waals surface area contributed by atoms with Crippen LogP contribution >= 0.6 is 38.5 Å². The van der Waals surface area contributed by atoms with E-state index in [0.29, 0.717) is 12.8 Å². The Balaban J connectivity index is 1.07. The second-order valence-electron chi connectivity index (χ2n) is 10.8. The van der Waals surface area contributed by atoms with Crippen molar-refractivity contribution in [2.75, 3.05) is 17.7 Å². The van der Waals surface area contributed by atoms with Crippen molar-refractivity contribution in [2.45, 2.75) is 61.5 Å². The molecule has 0 bridgehead atoms. The Morgan fingerprint density at radius 1 is 1.15 bits per heavy atom. The van der Waals surface area contributed by atoms with E-state index >= 15 is 4.39 Å². The maximum Gasteiger partial charge on any atom is 0.410 e. The number of aliphatic hydroxyl groups excluding tert-OH is 1. The first-order valence-electron chi connectivity index (χ1n) is 13.7. The van der Waals surface area contributed by atoms with Crippen LogP contribution in [0.5, 0.6) is 0 Å². The zero-order valence-corrected chi connectivity index (χ0v) is 27.2. The summed E-state index contributed by atoms with van der Waals surface area (Å²) in [5.74, 6) is -0.0153. The van der Waals surface area contributed by atoms with E-state index in [1.54, 1.807) is 0 Å². The number of nitrogens with two attached hydrogens (primary N) is 1. The summed E-state index contributed by atoms with van der Waals surface area (Å²) in [6.07, 6.45) is -5.54. The number of rotatable bonds is 10. The number of hydrogen-bond acceptors (Lipinski definition) is 16. The van der Waals surface area contributed by atoms with Gasteiger partial charge < -0.3 is 29.9 Å². The van der Waals surface area contributed by atoms with Crippen LogP contribution < -0.4 is 11.1 Å². The average molecular weight is 735 g/mol. The third-order valence-electron chi connectivity index (χ3n) is 7.89. The molecule has 1 spiro atoms. The molecule has 1 saturated carbocycles. The van der Waals surface area contributed by atoms with Crippen molar-refractivity contribution in [3.8, 4) is 0 Å². The number of aliphatic hydroxyl groups is 1. The van der Waals surface area contributed by atoms with Crippen LogP contribution in [0.4, 0.5) is 20.8 Å². The Kier molecular flexibility index (Phi) is 8.43. The third-order valence-corrected chi connectivity index (χ3v) is 10.3. The molecule has 6 heterocycles. The van der Waals surface area contributed by atoms with Crippen molar-refractivity contribution in [1.82, 2.24) is 39.0 Å². The van der Waals surface area contributed by atoms with Gasteiger partial charge in [-0.25, -0.2) is 43.7 Å². The van der Waals surface area contributed by atoms with Crippen molar-refractivity contribution in [2.24, 2.45) is 0 Å². The summed E-state index contributed by atoms with van der Waals surface area (Å²) in [5, 5.41) is 22.5. The molecule has 0 aromatic carbocycles. The number of alkyl halides is 1. The largest absolute Gasteiger partial charge is 0.465 e. The summed E-state index contributed by atoms with van der Waals surface area (Å²) in [6, 6.07) is 0. The van der Waals surface area contributed by atoms with E-state index in [2.05, 4.69) is 59.7 Å². The molecule has 252 valence electrons. The smallest absolute Gasteiger partial charge is 0.410 e. The standard InChI is InChI=1S/C22H25FN10O10P2S2/c23-9-13(42-44(37)46)8(40-19(9)32-6-29-10-15(24)25-4-27-17(10)32)3-39-45(38,47)43-14-12(34)20(41-22(14)1-2-22)33-7-30-11-16(31-21(35)36)26-5-28-18(11)33/h4-9,12-14,19-20,34,44H,1-3H2,(H,35,36)(H,37,46)(H,38,47)(H2,24,25,27)(H,26,28,31)/t8?,9-,12-,13-,14+,19-,20-,45?/m1/s1. The molecule has 1 aliphatic carbocycles. The van der Waals surface area contributed by atoms with Crippen molar-refractivity contribution in [3.05, 3.63) is 25.3 Å². The molecule has 47 heavy (non-hydrogen) atoms. The summed E-state index contributed by atoms with van der Waals surface area (Å²) < 4.78 is 72.2. The molecule has 5 N–H and O–H groups in total. The van der Waals surface area contributed by atoms with E-state index < -0.39 is 75.4 Å². The van der Waals surface area contributed by atoms with Gasteiger partial charge in [0.2, 0.25) is 7.23 Å². The lowest BCUT2D eigenvalue weighted by Gasteiger charge is -2.25. The van der Waals surface area contributed by atoms with Crippen LogP contribution in [0.2, 0.25) is 0 Å². The van der Waals surface area contributed by atoms with Crippen LogP contribution in [0.15, 0.2) is 25.3 Å². The van der Waals surface area contributed by atoms with Crippen molar-refractivity contribution in [1.29, 1.82) is 0 Å². The van der Waals surface area contributed by atoms with Crippen LogP contribution in [0, 0.1) is 0 Å². The number of thiol groups is 2. The Labute approximate surface area is 273 Å². The molecule has 9 atom stereocenters. The van der Waals surface area contributed by atoms with Gasteiger partial charge in [0.25, 0.3) is 0 Å². The Morgan fingerprint density at radius 2 is 1.81 bits per heavy atom. The van der Waals surface area contributed by atoms with Crippen molar-refractivity contribution < 1.29 is 51.6 Å². The van der Waals surface area contributed by atoms with E-state index in [1.165, 1.54) is 28.1 Å². The molecule has 20 nitrogen and oxygen atoms in total. The Bertz CT molecular complexity index is 1940. The molecule has 1 amide bonds. The summed E-state index contributed by atoms with van der Waals surface area (Å²) in [6.45, 7) is -4.93. The molecule has 0 radical (unpaired) electrons. The van der Waals surface area contributed by atoms with E-state index in [-0.39, 0.29) is 34.0 Å². The Hall–Kier alpha value is -2.98. The van der Waals surface area contributed by atoms with E-state index in [0.717, 1.165) is 6.33 Å². The quantitative estimate of drug-likeness (QED) is 0.101. The van der Waals surface area contributed by atoms with Gasteiger partial charge in [0.05, 0.1) is 19.3 Å². The zero-order valence-electron chi connectivity index (χ0n) is 23.5. The second kappa shape index (κ2) is 12.2. The number of nitrogen functional groups attached to an aromatic ring is 1. The van der Waals surface area contributed by atoms with Gasteiger partial charge in [-0.15, -0.1) is 0 Å². The van der Waals surface area contributed by atoms with Gasteiger partial charge in [-0.1, -0.05) is 24.5 Å². The number of halogens is 1. The van der Waals surface area contributed by atoms with Gasteiger partial charge in [0.1, 0.15) is 48.2 Å². The molecule has 2 aliphatic heterocycles. The minimum Gasteiger partial charge on any atom is -0.465 e.